The lowest BCUT2D eigenvalue weighted by Crippen LogP contribution is -1.83. The van der Waals surface area contributed by atoms with Crippen LogP contribution in [-0.2, 0) is 6.32 Å². The van der Waals surface area contributed by atoms with Gasteiger partial charge in [0, 0.05) is 10.6 Å². The van der Waals surface area contributed by atoms with Gasteiger partial charge in [0.2, 0.25) is 11.7 Å². The van der Waals surface area contributed by atoms with Gasteiger partial charge in [0.05, 0.1) is 7.85 Å². The molecule has 0 fully saturated rings. The lowest BCUT2D eigenvalue weighted by Gasteiger charge is -1.92. The van der Waals surface area contributed by atoms with E-state index in [2.05, 4.69) is 10.1 Å². The van der Waals surface area contributed by atoms with Gasteiger partial charge in [-0.25, -0.2) is 0 Å². The van der Waals surface area contributed by atoms with Crippen LogP contribution in [-0.4, -0.2) is 18.0 Å². The van der Waals surface area contributed by atoms with Crippen molar-refractivity contribution in [3.63, 3.8) is 0 Å². The molecule has 1 aromatic heterocycles. The van der Waals surface area contributed by atoms with E-state index in [-0.39, 0.29) is 6.32 Å². The Kier molecular flexibility index (Phi) is 2.54. The molecular formula is C9H6BClN2O. The summed E-state index contributed by atoms with van der Waals surface area (Å²) >= 11 is 5.75. The molecule has 14 heavy (non-hydrogen) atoms. The maximum Gasteiger partial charge on any atom is 0.218 e. The van der Waals surface area contributed by atoms with Crippen molar-refractivity contribution >= 4 is 19.4 Å². The fourth-order valence-corrected chi connectivity index (χ4v) is 1.18. The Labute approximate surface area is 87.5 Å². The van der Waals surface area contributed by atoms with Crippen LogP contribution < -0.4 is 0 Å². The van der Waals surface area contributed by atoms with E-state index >= 15 is 0 Å². The average Bonchev–Trinajstić information content (AvgIpc) is 2.67. The second-order valence-corrected chi connectivity index (χ2v) is 3.16. The van der Waals surface area contributed by atoms with Crippen molar-refractivity contribution in [2.24, 2.45) is 0 Å². The standard InChI is InChI=1S/C9H6BClN2O/c10-5-8-12-9(13-14-8)6-1-3-7(11)4-2-6/h1-4H,5H2. The average molecular weight is 204 g/mol. The smallest absolute Gasteiger partial charge is 0.218 e. The molecule has 0 spiro atoms. The monoisotopic (exact) mass is 204 g/mol. The number of hydrogen-bond donors (Lipinski definition) is 0. The van der Waals surface area contributed by atoms with Gasteiger partial charge in [-0.15, -0.1) is 0 Å². The maximum atomic E-state index is 5.75. The Hall–Kier alpha value is -1.29. The summed E-state index contributed by atoms with van der Waals surface area (Å²) < 4.78 is 4.88. The van der Waals surface area contributed by atoms with Crippen molar-refractivity contribution in [2.45, 2.75) is 6.32 Å². The predicted molar refractivity (Wildman–Crippen MR) is 54.2 cm³/mol. The summed E-state index contributed by atoms with van der Waals surface area (Å²) in [4.78, 5) is 4.08. The number of halogens is 1. The Morgan fingerprint density at radius 3 is 2.57 bits per heavy atom. The van der Waals surface area contributed by atoms with Crippen LogP contribution in [0.15, 0.2) is 28.8 Å². The normalized spacial score (nSPS) is 10.4. The molecule has 5 heteroatoms. The van der Waals surface area contributed by atoms with Crippen LogP contribution >= 0.6 is 11.6 Å². The van der Waals surface area contributed by atoms with Crippen LogP contribution in [0.5, 0.6) is 0 Å². The summed E-state index contributed by atoms with van der Waals surface area (Å²) in [7, 11) is 5.35. The highest BCUT2D eigenvalue weighted by atomic mass is 35.5. The van der Waals surface area contributed by atoms with Crippen molar-refractivity contribution in [1.82, 2.24) is 10.1 Å². The number of rotatable bonds is 2. The molecule has 1 aromatic carbocycles. The van der Waals surface area contributed by atoms with E-state index in [9.17, 15) is 0 Å². The first-order valence-corrected chi connectivity index (χ1v) is 4.46. The Balaban J connectivity index is 2.34. The van der Waals surface area contributed by atoms with Crippen molar-refractivity contribution in [1.29, 1.82) is 0 Å². The minimum Gasteiger partial charge on any atom is -0.340 e. The van der Waals surface area contributed by atoms with Gasteiger partial charge in [0.15, 0.2) is 0 Å². The van der Waals surface area contributed by atoms with Gasteiger partial charge in [0.1, 0.15) is 0 Å². The zero-order valence-electron chi connectivity index (χ0n) is 7.27. The third-order valence-electron chi connectivity index (χ3n) is 1.75. The molecule has 0 amide bonds. The second kappa shape index (κ2) is 3.84. The molecule has 2 radical (unpaired) electrons. The van der Waals surface area contributed by atoms with Crippen LogP contribution in [0.4, 0.5) is 0 Å². The second-order valence-electron chi connectivity index (χ2n) is 2.72. The molecule has 3 nitrogen and oxygen atoms in total. The molecule has 0 aliphatic heterocycles. The molecule has 0 atom stereocenters. The molecule has 0 saturated heterocycles. The zero-order chi connectivity index (χ0) is 9.97. The molecule has 0 aliphatic rings. The van der Waals surface area contributed by atoms with Crippen molar-refractivity contribution < 1.29 is 4.52 Å². The first-order chi connectivity index (χ1) is 6.79. The number of benzene rings is 1. The Bertz CT molecular complexity index is 427. The van der Waals surface area contributed by atoms with Gasteiger partial charge in [-0.05, 0) is 30.6 Å². The van der Waals surface area contributed by atoms with Gasteiger partial charge in [-0.2, -0.15) is 4.98 Å². The SMILES string of the molecule is [B]Cc1nc(-c2ccc(Cl)cc2)no1. The van der Waals surface area contributed by atoms with Gasteiger partial charge in [-0.3, -0.25) is 0 Å². The molecule has 0 N–H and O–H groups in total. The summed E-state index contributed by atoms with van der Waals surface area (Å²) in [5, 5.41) is 4.45. The highest BCUT2D eigenvalue weighted by Crippen LogP contribution is 2.18. The van der Waals surface area contributed by atoms with Crippen molar-refractivity contribution in [3.05, 3.63) is 35.2 Å². The molecule has 0 unspecified atom stereocenters. The topological polar surface area (TPSA) is 38.9 Å². The quantitative estimate of drug-likeness (QED) is 0.703. The van der Waals surface area contributed by atoms with Gasteiger partial charge in [-0.1, -0.05) is 16.8 Å². The highest BCUT2D eigenvalue weighted by molar-refractivity contribution is 6.30. The largest absolute Gasteiger partial charge is 0.340 e. The van der Waals surface area contributed by atoms with Gasteiger partial charge >= 0.3 is 0 Å². The molecule has 68 valence electrons. The van der Waals surface area contributed by atoms with Crippen molar-refractivity contribution in [3.8, 4) is 11.4 Å². The van der Waals surface area contributed by atoms with Crippen LogP contribution in [0.2, 0.25) is 5.02 Å². The summed E-state index contributed by atoms with van der Waals surface area (Å²) in [5.74, 6) is 0.956. The summed E-state index contributed by atoms with van der Waals surface area (Å²) in [5.41, 5.74) is 0.859. The molecule has 2 aromatic rings. The predicted octanol–water partition coefficient (Wildman–Crippen LogP) is 2.06. The summed E-state index contributed by atoms with van der Waals surface area (Å²) in [6, 6.07) is 7.20. The van der Waals surface area contributed by atoms with Crippen molar-refractivity contribution in [2.75, 3.05) is 0 Å². The van der Waals surface area contributed by atoms with Gasteiger partial charge < -0.3 is 4.52 Å². The fraction of sp³-hybridized carbons (Fsp3) is 0.111. The lowest BCUT2D eigenvalue weighted by molar-refractivity contribution is 0.391. The lowest BCUT2D eigenvalue weighted by atomic mass is 10.1. The first-order valence-electron chi connectivity index (χ1n) is 4.08. The first kappa shape index (κ1) is 9.28. The van der Waals surface area contributed by atoms with Gasteiger partial charge in [0.25, 0.3) is 0 Å². The van der Waals surface area contributed by atoms with Crippen LogP contribution in [0.3, 0.4) is 0 Å². The highest BCUT2D eigenvalue weighted by Gasteiger charge is 2.05. The van der Waals surface area contributed by atoms with E-state index in [0.29, 0.717) is 16.7 Å². The zero-order valence-corrected chi connectivity index (χ0v) is 8.03. The van der Waals surface area contributed by atoms with E-state index < -0.39 is 0 Å². The molecule has 0 aliphatic carbocycles. The Morgan fingerprint density at radius 1 is 1.29 bits per heavy atom. The van der Waals surface area contributed by atoms with Crippen LogP contribution in [0, 0.1) is 0 Å². The van der Waals surface area contributed by atoms with E-state index in [4.69, 9.17) is 24.0 Å². The number of nitrogens with zero attached hydrogens (tertiary/aromatic N) is 2. The molecule has 0 saturated carbocycles. The summed E-state index contributed by atoms with van der Waals surface area (Å²) in [6.45, 7) is 0. The number of hydrogen-bond acceptors (Lipinski definition) is 3. The van der Waals surface area contributed by atoms with Crippen LogP contribution in [0.1, 0.15) is 5.89 Å². The molecule has 0 bridgehead atoms. The van der Waals surface area contributed by atoms with E-state index in [1.807, 2.05) is 12.1 Å². The Morgan fingerprint density at radius 2 is 2.00 bits per heavy atom. The fourth-order valence-electron chi connectivity index (χ4n) is 1.05. The number of aromatic nitrogens is 2. The maximum absolute atomic E-state index is 5.75. The van der Waals surface area contributed by atoms with E-state index in [1.54, 1.807) is 12.1 Å². The third kappa shape index (κ3) is 1.80. The van der Waals surface area contributed by atoms with E-state index in [1.165, 1.54) is 0 Å². The molecular weight excluding hydrogens is 198 g/mol. The minimum absolute atomic E-state index is 0.251. The third-order valence-corrected chi connectivity index (χ3v) is 2.00. The molecule has 2 rings (SSSR count). The van der Waals surface area contributed by atoms with Crippen LogP contribution in [0.25, 0.3) is 11.4 Å². The van der Waals surface area contributed by atoms with E-state index in [0.717, 1.165) is 5.56 Å². The molecule has 1 heterocycles. The minimum atomic E-state index is 0.251. The summed E-state index contributed by atoms with van der Waals surface area (Å²) in [6.07, 6.45) is 0.251.